The molecule has 0 spiro atoms. The number of fused-ring (bicyclic) bond motifs is 1. The minimum Gasteiger partial charge on any atom is -0.394 e. The Morgan fingerprint density at radius 1 is 1.28 bits per heavy atom. The summed E-state index contributed by atoms with van der Waals surface area (Å²) in [4.78, 5) is 13.4. The van der Waals surface area contributed by atoms with Crippen molar-refractivity contribution < 1.29 is 30.0 Å². The molecule has 10 heteroatoms. The Hall–Kier alpha value is -0.910. The summed E-state index contributed by atoms with van der Waals surface area (Å²) in [6.45, 7) is 2.26. The SMILES string of the molecule is CSC(O)C(O)C(C(O)CO)C(NC(=O)C1NCC2CC(CCc3ccccc3)CCOC21)C(C)Cl. The normalized spacial score (nSPS) is 29.3. The van der Waals surface area contributed by atoms with E-state index in [4.69, 9.17) is 16.3 Å². The Balaban J connectivity index is 1.65. The number of hydrogen-bond acceptors (Lipinski definition) is 8. The predicted molar refractivity (Wildman–Crippen MR) is 142 cm³/mol. The number of aliphatic hydroxyl groups is 4. The fourth-order valence-electron chi connectivity index (χ4n) is 5.57. The van der Waals surface area contributed by atoms with Gasteiger partial charge in [0.05, 0.1) is 36.3 Å². The Morgan fingerprint density at radius 2 is 2.00 bits per heavy atom. The number of ether oxygens (including phenoxy) is 1. The highest BCUT2D eigenvalue weighted by Crippen LogP contribution is 2.33. The van der Waals surface area contributed by atoms with Gasteiger partial charge in [0.25, 0.3) is 0 Å². The molecule has 1 aromatic rings. The Morgan fingerprint density at radius 3 is 2.64 bits per heavy atom. The lowest BCUT2D eigenvalue weighted by molar-refractivity contribution is -0.129. The molecular formula is C26H41ClN2O6S. The number of hydrogen-bond donors (Lipinski definition) is 6. The number of alkyl halides is 1. The lowest BCUT2D eigenvalue weighted by atomic mass is 9.85. The first-order valence-electron chi connectivity index (χ1n) is 12.8. The van der Waals surface area contributed by atoms with E-state index in [1.54, 1.807) is 13.2 Å². The molecule has 10 atom stereocenters. The first kappa shape index (κ1) is 29.6. The molecule has 8 nitrogen and oxygen atoms in total. The number of benzene rings is 1. The minimum atomic E-state index is -1.41. The van der Waals surface area contributed by atoms with Crippen molar-refractivity contribution in [2.45, 2.75) is 73.8 Å². The number of rotatable bonds is 12. The lowest BCUT2D eigenvalue weighted by Gasteiger charge is -2.37. The van der Waals surface area contributed by atoms with Crippen molar-refractivity contribution in [3.63, 3.8) is 0 Å². The largest absolute Gasteiger partial charge is 0.394 e. The molecule has 36 heavy (non-hydrogen) atoms. The van der Waals surface area contributed by atoms with Crippen molar-refractivity contribution in [3.8, 4) is 0 Å². The number of nitrogens with one attached hydrogen (secondary N) is 2. The van der Waals surface area contributed by atoms with Crippen LogP contribution in [0.5, 0.6) is 0 Å². The molecule has 2 aliphatic heterocycles. The summed E-state index contributed by atoms with van der Waals surface area (Å²) in [6.07, 6.45) is 2.60. The smallest absolute Gasteiger partial charge is 0.240 e. The highest BCUT2D eigenvalue weighted by molar-refractivity contribution is 7.99. The van der Waals surface area contributed by atoms with Crippen LogP contribution in [0.1, 0.15) is 31.7 Å². The van der Waals surface area contributed by atoms with Gasteiger partial charge in [-0.05, 0) is 56.3 Å². The Labute approximate surface area is 223 Å². The van der Waals surface area contributed by atoms with E-state index in [1.807, 2.05) is 6.07 Å². The van der Waals surface area contributed by atoms with E-state index in [1.165, 1.54) is 5.56 Å². The van der Waals surface area contributed by atoms with Crippen LogP contribution in [0.15, 0.2) is 30.3 Å². The lowest BCUT2D eigenvalue weighted by Crippen LogP contribution is -2.59. The van der Waals surface area contributed by atoms with E-state index in [-0.39, 0.29) is 17.9 Å². The average Bonchev–Trinajstić information content (AvgIpc) is 3.17. The van der Waals surface area contributed by atoms with Gasteiger partial charge in [-0.2, -0.15) is 0 Å². The van der Waals surface area contributed by atoms with Crippen LogP contribution in [0.25, 0.3) is 0 Å². The monoisotopic (exact) mass is 544 g/mol. The summed E-state index contributed by atoms with van der Waals surface area (Å²) >= 11 is 7.40. The molecular weight excluding hydrogens is 504 g/mol. The van der Waals surface area contributed by atoms with Gasteiger partial charge in [0.2, 0.25) is 5.91 Å². The zero-order valence-corrected chi connectivity index (χ0v) is 22.6. The summed E-state index contributed by atoms with van der Waals surface area (Å²) in [7, 11) is 0. The van der Waals surface area contributed by atoms with Crippen LogP contribution in [0.4, 0.5) is 0 Å². The van der Waals surface area contributed by atoms with Crippen molar-refractivity contribution in [3.05, 3.63) is 35.9 Å². The summed E-state index contributed by atoms with van der Waals surface area (Å²) in [5.74, 6) is -0.669. The Kier molecular flexibility index (Phi) is 11.8. The molecule has 0 saturated carbocycles. The van der Waals surface area contributed by atoms with E-state index in [2.05, 4.69) is 34.9 Å². The molecule has 2 saturated heterocycles. The summed E-state index contributed by atoms with van der Waals surface area (Å²) in [5, 5.41) is 46.4. The fourth-order valence-corrected chi connectivity index (χ4v) is 6.26. The van der Waals surface area contributed by atoms with Gasteiger partial charge in [-0.3, -0.25) is 4.79 Å². The van der Waals surface area contributed by atoms with Gasteiger partial charge in [-0.25, -0.2) is 0 Å². The fraction of sp³-hybridized carbons (Fsp3) is 0.731. The summed E-state index contributed by atoms with van der Waals surface area (Å²) in [5.41, 5.74) is 0.119. The van der Waals surface area contributed by atoms with Crippen LogP contribution >= 0.6 is 23.4 Å². The quantitative estimate of drug-likeness (QED) is 0.170. The van der Waals surface area contributed by atoms with Crippen LogP contribution in [-0.2, 0) is 16.0 Å². The van der Waals surface area contributed by atoms with E-state index in [9.17, 15) is 25.2 Å². The molecule has 2 fully saturated rings. The maximum Gasteiger partial charge on any atom is 0.240 e. The van der Waals surface area contributed by atoms with E-state index < -0.39 is 47.6 Å². The summed E-state index contributed by atoms with van der Waals surface area (Å²) < 4.78 is 6.18. The Bertz CT molecular complexity index is 806. The number of aryl methyl sites for hydroxylation is 1. The molecule has 2 heterocycles. The third kappa shape index (κ3) is 7.57. The number of carbonyl (C=O) groups excluding carboxylic acids is 1. The minimum absolute atomic E-state index is 0.207. The molecule has 0 aliphatic carbocycles. The van der Waals surface area contributed by atoms with Crippen molar-refractivity contribution in [1.82, 2.24) is 10.6 Å². The van der Waals surface area contributed by atoms with Crippen molar-refractivity contribution in [2.24, 2.45) is 17.8 Å². The molecule has 3 rings (SSSR count). The van der Waals surface area contributed by atoms with Gasteiger partial charge < -0.3 is 35.8 Å². The number of aliphatic hydroxyl groups excluding tert-OH is 4. The second-order valence-corrected chi connectivity index (χ2v) is 11.7. The zero-order chi connectivity index (χ0) is 26.2. The van der Waals surface area contributed by atoms with E-state index >= 15 is 0 Å². The topological polar surface area (TPSA) is 131 Å². The standard InChI is InChI=1S/C26H41ClN2O6S/c1-15(27)21(20(19(31)14-30)23(32)26(34)36-2)29-25(33)22-24-18(13-28-22)12-17(10-11-35-24)9-8-16-6-4-3-5-7-16/h3-7,15,17-24,26,28,30-32,34H,8-14H2,1-2H3,(H,29,33). The van der Waals surface area contributed by atoms with Gasteiger partial charge in [0, 0.05) is 19.1 Å². The van der Waals surface area contributed by atoms with Crippen LogP contribution < -0.4 is 10.6 Å². The number of amides is 1. The molecule has 204 valence electrons. The second-order valence-electron chi connectivity index (χ2n) is 10.1. The van der Waals surface area contributed by atoms with E-state index in [0.717, 1.165) is 37.4 Å². The molecule has 0 aromatic heterocycles. The van der Waals surface area contributed by atoms with E-state index in [0.29, 0.717) is 19.1 Å². The van der Waals surface area contributed by atoms with Crippen LogP contribution in [0.3, 0.4) is 0 Å². The van der Waals surface area contributed by atoms with Gasteiger partial charge in [0.15, 0.2) is 0 Å². The first-order chi connectivity index (χ1) is 17.3. The highest BCUT2D eigenvalue weighted by Gasteiger charge is 2.46. The molecule has 6 N–H and O–H groups in total. The molecule has 1 aromatic carbocycles. The average molecular weight is 545 g/mol. The third-order valence-electron chi connectivity index (χ3n) is 7.61. The maximum atomic E-state index is 13.4. The summed E-state index contributed by atoms with van der Waals surface area (Å²) in [6, 6.07) is 8.97. The van der Waals surface area contributed by atoms with Crippen LogP contribution in [0, 0.1) is 17.8 Å². The van der Waals surface area contributed by atoms with Gasteiger partial charge in [0.1, 0.15) is 11.5 Å². The zero-order valence-electron chi connectivity index (χ0n) is 21.0. The maximum absolute atomic E-state index is 13.4. The van der Waals surface area contributed by atoms with Crippen molar-refractivity contribution in [1.29, 1.82) is 0 Å². The number of thioether (sulfide) groups is 1. The predicted octanol–water partition coefficient (Wildman–Crippen LogP) is 1.13. The van der Waals surface area contributed by atoms with Crippen molar-refractivity contribution in [2.75, 3.05) is 26.0 Å². The van der Waals surface area contributed by atoms with Crippen LogP contribution in [0.2, 0.25) is 0 Å². The van der Waals surface area contributed by atoms with Crippen LogP contribution in [-0.4, -0.2) is 93.6 Å². The van der Waals surface area contributed by atoms with Gasteiger partial charge in [-0.15, -0.1) is 23.4 Å². The first-order valence-corrected chi connectivity index (χ1v) is 14.5. The van der Waals surface area contributed by atoms with Crippen molar-refractivity contribution >= 4 is 29.3 Å². The molecule has 2 aliphatic rings. The highest BCUT2D eigenvalue weighted by atomic mass is 35.5. The third-order valence-corrected chi connectivity index (χ3v) is 8.64. The number of halogens is 1. The molecule has 1 amide bonds. The second kappa shape index (κ2) is 14.3. The van der Waals surface area contributed by atoms with Gasteiger partial charge >= 0.3 is 0 Å². The van der Waals surface area contributed by atoms with Gasteiger partial charge in [-0.1, -0.05) is 30.3 Å². The molecule has 0 bridgehead atoms. The molecule has 0 radical (unpaired) electrons. The number of carbonyl (C=O) groups is 1. The molecule has 10 unspecified atom stereocenters.